The van der Waals surface area contributed by atoms with E-state index in [0.717, 1.165) is 24.4 Å². The molecule has 0 fully saturated rings. The van der Waals surface area contributed by atoms with Crippen LogP contribution in [-0.2, 0) is 4.79 Å². The summed E-state index contributed by atoms with van der Waals surface area (Å²) in [6.45, 7) is 6.75. The average molecular weight is 249 g/mol. The van der Waals surface area contributed by atoms with Gasteiger partial charge in [0.1, 0.15) is 11.5 Å². The maximum absolute atomic E-state index is 10.8. The third-order valence-corrected chi connectivity index (χ3v) is 2.89. The number of ketones is 1. The number of methoxy groups -OCH3 is 1. The fraction of sp³-hybridized carbons (Fsp3) is 0.533. The van der Waals surface area contributed by atoms with Gasteiger partial charge in [-0.05, 0) is 43.0 Å². The summed E-state index contributed by atoms with van der Waals surface area (Å²) < 4.78 is 5.35. The summed E-state index contributed by atoms with van der Waals surface area (Å²) in [4.78, 5) is 10.8. The van der Waals surface area contributed by atoms with Crippen LogP contribution in [0.5, 0.6) is 5.75 Å². The monoisotopic (exact) mass is 249 g/mol. The molecule has 0 radical (unpaired) electrons. The fourth-order valence-corrected chi connectivity index (χ4v) is 1.87. The molecule has 0 heterocycles. The van der Waals surface area contributed by atoms with Gasteiger partial charge in [0.25, 0.3) is 0 Å². The van der Waals surface area contributed by atoms with Crippen LogP contribution < -0.4 is 10.1 Å². The van der Waals surface area contributed by atoms with Crippen molar-refractivity contribution in [2.75, 3.05) is 19.0 Å². The predicted octanol–water partition coefficient (Wildman–Crippen LogP) is 3.60. The number of hydrogen-bond donors (Lipinski definition) is 1. The lowest BCUT2D eigenvalue weighted by molar-refractivity contribution is -0.117. The summed E-state index contributed by atoms with van der Waals surface area (Å²) in [5.41, 5.74) is 2.29. The third-order valence-electron chi connectivity index (χ3n) is 2.89. The van der Waals surface area contributed by atoms with Crippen molar-refractivity contribution in [1.82, 2.24) is 0 Å². The zero-order valence-electron chi connectivity index (χ0n) is 11.7. The van der Waals surface area contributed by atoms with E-state index in [4.69, 9.17) is 4.74 Å². The van der Waals surface area contributed by atoms with E-state index in [1.165, 1.54) is 5.56 Å². The minimum atomic E-state index is 0.245. The Kier molecular flexibility index (Phi) is 5.69. The van der Waals surface area contributed by atoms with Crippen LogP contribution >= 0.6 is 0 Å². The van der Waals surface area contributed by atoms with Gasteiger partial charge in [0.15, 0.2) is 0 Å². The molecule has 3 nitrogen and oxygen atoms in total. The van der Waals surface area contributed by atoms with Crippen LogP contribution in [-0.4, -0.2) is 19.4 Å². The van der Waals surface area contributed by atoms with E-state index in [9.17, 15) is 4.79 Å². The SMILES string of the molecule is COc1ccc(NCCCC(C)=O)cc1C(C)C. The molecule has 0 saturated heterocycles. The van der Waals surface area contributed by atoms with Gasteiger partial charge in [-0.1, -0.05) is 13.8 Å². The molecule has 0 bridgehead atoms. The first-order valence-electron chi connectivity index (χ1n) is 6.46. The van der Waals surface area contributed by atoms with Crippen LogP contribution in [0, 0.1) is 0 Å². The second-order valence-corrected chi connectivity index (χ2v) is 4.84. The number of benzene rings is 1. The van der Waals surface area contributed by atoms with E-state index >= 15 is 0 Å². The average Bonchev–Trinajstić information content (AvgIpc) is 2.34. The first-order valence-corrected chi connectivity index (χ1v) is 6.46. The lowest BCUT2D eigenvalue weighted by atomic mass is 10.0. The summed E-state index contributed by atoms with van der Waals surface area (Å²) in [5.74, 6) is 1.60. The van der Waals surface area contributed by atoms with Gasteiger partial charge < -0.3 is 14.8 Å². The van der Waals surface area contributed by atoms with Crippen molar-refractivity contribution in [3.8, 4) is 5.75 Å². The molecule has 0 aromatic heterocycles. The van der Waals surface area contributed by atoms with Crippen molar-refractivity contribution >= 4 is 11.5 Å². The van der Waals surface area contributed by atoms with Crippen molar-refractivity contribution in [1.29, 1.82) is 0 Å². The predicted molar refractivity (Wildman–Crippen MR) is 75.5 cm³/mol. The quantitative estimate of drug-likeness (QED) is 0.750. The normalized spacial score (nSPS) is 10.5. The highest BCUT2D eigenvalue weighted by atomic mass is 16.5. The molecule has 1 rings (SSSR count). The highest BCUT2D eigenvalue weighted by molar-refractivity contribution is 5.75. The Morgan fingerprint density at radius 2 is 2.11 bits per heavy atom. The van der Waals surface area contributed by atoms with Gasteiger partial charge in [-0.2, -0.15) is 0 Å². The molecule has 18 heavy (non-hydrogen) atoms. The lowest BCUT2D eigenvalue weighted by Crippen LogP contribution is -2.04. The van der Waals surface area contributed by atoms with Gasteiger partial charge in [-0.3, -0.25) is 0 Å². The topological polar surface area (TPSA) is 38.3 Å². The third kappa shape index (κ3) is 4.40. The fourth-order valence-electron chi connectivity index (χ4n) is 1.87. The van der Waals surface area contributed by atoms with Gasteiger partial charge in [0, 0.05) is 18.7 Å². The molecular formula is C15H23NO2. The van der Waals surface area contributed by atoms with Gasteiger partial charge >= 0.3 is 0 Å². The molecule has 1 aromatic rings. The maximum atomic E-state index is 10.8. The summed E-state index contributed by atoms with van der Waals surface area (Å²) >= 11 is 0. The van der Waals surface area contributed by atoms with Crippen molar-refractivity contribution < 1.29 is 9.53 Å². The van der Waals surface area contributed by atoms with Crippen LogP contribution in [0.1, 0.15) is 45.1 Å². The Morgan fingerprint density at radius 3 is 2.67 bits per heavy atom. The minimum absolute atomic E-state index is 0.245. The van der Waals surface area contributed by atoms with Gasteiger partial charge in [-0.25, -0.2) is 0 Å². The number of Topliss-reactive ketones (excluding diaryl/α,β-unsaturated/α-hetero) is 1. The van der Waals surface area contributed by atoms with E-state index in [0.29, 0.717) is 12.3 Å². The number of hydrogen-bond acceptors (Lipinski definition) is 3. The summed E-state index contributed by atoms with van der Waals surface area (Å²) in [7, 11) is 1.70. The molecule has 0 aliphatic heterocycles. The Labute approximate surface area is 110 Å². The molecule has 0 spiro atoms. The Hall–Kier alpha value is -1.51. The summed E-state index contributed by atoms with van der Waals surface area (Å²) in [5, 5.41) is 3.34. The molecule has 0 amide bonds. The molecule has 3 heteroatoms. The number of anilines is 1. The minimum Gasteiger partial charge on any atom is -0.496 e. The van der Waals surface area contributed by atoms with Crippen LogP contribution in [0.2, 0.25) is 0 Å². The number of rotatable bonds is 7. The molecule has 1 N–H and O–H groups in total. The van der Waals surface area contributed by atoms with E-state index in [-0.39, 0.29) is 5.78 Å². The Balaban J connectivity index is 2.61. The summed E-state index contributed by atoms with van der Waals surface area (Å²) in [6, 6.07) is 6.12. The van der Waals surface area contributed by atoms with E-state index < -0.39 is 0 Å². The molecule has 0 unspecified atom stereocenters. The first-order chi connectivity index (χ1) is 8.54. The van der Waals surface area contributed by atoms with E-state index in [2.05, 4.69) is 25.2 Å². The number of ether oxygens (including phenoxy) is 1. The Bertz CT molecular complexity index is 399. The van der Waals surface area contributed by atoms with Crippen LogP contribution in [0.4, 0.5) is 5.69 Å². The van der Waals surface area contributed by atoms with E-state index in [1.54, 1.807) is 14.0 Å². The number of carbonyl (C=O) groups is 1. The number of nitrogens with one attached hydrogen (secondary N) is 1. The first kappa shape index (κ1) is 14.6. The highest BCUT2D eigenvalue weighted by Crippen LogP contribution is 2.29. The smallest absolute Gasteiger partial charge is 0.129 e. The molecule has 1 aromatic carbocycles. The molecule has 100 valence electrons. The van der Waals surface area contributed by atoms with Crippen molar-refractivity contribution in [2.24, 2.45) is 0 Å². The second kappa shape index (κ2) is 7.04. The van der Waals surface area contributed by atoms with Crippen LogP contribution in [0.3, 0.4) is 0 Å². The zero-order valence-corrected chi connectivity index (χ0v) is 11.7. The van der Waals surface area contributed by atoms with E-state index in [1.807, 2.05) is 12.1 Å². The maximum Gasteiger partial charge on any atom is 0.129 e. The largest absolute Gasteiger partial charge is 0.496 e. The second-order valence-electron chi connectivity index (χ2n) is 4.84. The van der Waals surface area contributed by atoms with Gasteiger partial charge in [0.2, 0.25) is 0 Å². The number of carbonyl (C=O) groups excluding carboxylic acids is 1. The van der Waals surface area contributed by atoms with Crippen molar-refractivity contribution in [3.05, 3.63) is 23.8 Å². The zero-order chi connectivity index (χ0) is 13.5. The molecule has 0 aliphatic rings. The van der Waals surface area contributed by atoms with Crippen molar-refractivity contribution in [3.63, 3.8) is 0 Å². The standard InChI is InChI=1S/C15H23NO2/c1-11(2)14-10-13(7-8-15(14)18-4)16-9-5-6-12(3)17/h7-8,10-11,16H,5-6,9H2,1-4H3. The van der Waals surface area contributed by atoms with Gasteiger partial charge in [-0.15, -0.1) is 0 Å². The van der Waals surface area contributed by atoms with Gasteiger partial charge in [0.05, 0.1) is 7.11 Å². The molecular weight excluding hydrogens is 226 g/mol. The summed E-state index contributed by atoms with van der Waals surface area (Å²) in [6.07, 6.45) is 1.51. The van der Waals surface area contributed by atoms with Crippen molar-refractivity contribution in [2.45, 2.75) is 39.5 Å². The molecule has 0 atom stereocenters. The molecule has 0 aliphatic carbocycles. The lowest BCUT2D eigenvalue weighted by Gasteiger charge is -2.14. The highest BCUT2D eigenvalue weighted by Gasteiger charge is 2.07. The van der Waals surface area contributed by atoms with Crippen LogP contribution in [0.15, 0.2) is 18.2 Å². The molecule has 0 saturated carbocycles. The Morgan fingerprint density at radius 1 is 1.39 bits per heavy atom. The van der Waals surface area contributed by atoms with Crippen LogP contribution in [0.25, 0.3) is 0 Å².